The van der Waals surface area contributed by atoms with Crippen molar-refractivity contribution in [2.45, 2.75) is 46.6 Å². The highest BCUT2D eigenvalue weighted by Crippen LogP contribution is 2.25. The summed E-state index contributed by atoms with van der Waals surface area (Å²) in [6, 6.07) is 15.3. The molecular formula is C24H35N3O3S. The lowest BCUT2D eigenvalue weighted by Gasteiger charge is -2.24. The number of anilines is 2. The zero-order valence-corrected chi connectivity index (χ0v) is 20.3. The molecule has 0 aliphatic rings. The summed E-state index contributed by atoms with van der Waals surface area (Å²) in [6.45, 7) is 12.5. The number of sulfonamides is 1. The molecule has 0 saturated heterocycles. The largest absolute Gasteiger partial charge is 0.372 e. The first-order valence-corrected chi connectivity index (χ1v) is 12.5. The summed E-state index contributed by atoms with van der Waals surface area (Å²) in [4.78, 5) is 14.8. The van der Waals surface area contributed by atoms with Crippen LogP contribution >= 0.6 is 0 Å². The third-order valence-corrected chi connectivity index (χ3v) is 6.40. The maximum atomic E-state index is 12.5. The molecule has 0 fully saturated rings. The highest BCUT2D eigenvalue weighted by Gasteiger charge is 2.22. The minimum Gasteiger partial charge on any atom is -0.372 e. The Kier molecular flexibility index (Phi) is 8.12. The molecule has 7 heteroatoms. The predicted molar refractivity (Wildman–Crippen MR) is 129 cm³/mol. The van der Waals surface area contributed by atoms with Crippen LogP contribution in [0.15, 0.2) is 48.5 Å². The van der Waals surface area contributed by atoms with E-state index >= 15 is 0 Å². The van der Waals surface area contributed by atoms with Gasteiger partial charge < -0.3 is 10.2 Å². The van der Waals surface area contributed by atoms with Gasteiger partial charge in [-0.1, -0.05) is 45.0 Å². The first-order chi connectivity index (χ1) is 14.5. The van der Waals surface area contributed by atoms with Crippen molar-refractivity contribution in [1.29, 1.82) is 0 Å². The highest BCUT2D eigenvalue weighted by molar-refractivity contribution is 7.92. The summed E-state index contributed by atoms with van der Waals surface area (Å²) in [5.74, 6) is -0.349. The first-order valence-electron chi connectivity index (χ1n) is 10.6. The highest BCUT2D eigenvalue weighted by atomic mass is 32.2. The van der Waals surface area contributed by atoms with Crippen LogP contribution in [0.5, 0.6) is 0 Å². The number of hydrogen-bond acceptors (Lipinski definition) is 4. The van der Waals surface area contributed by atoms with Crippen LogP contribution in [-0.2, 0) is 26.8 Å². The standard InChI is InChI=1S/C24H35N3O3S/c1-7-26(8-2)21-13-9-19(10-14-21)17-25-23(28)18-27(31(6,29)30)22-15-11-20(12-16-22)24(3,4)5/h9-16H,7-8,17-18H2,1-6H3,(H,25,28). The number of benzene rings is 2. The van der Waals surface area contributed by atoms with Gasteiger partial charge in [-0.2, -0.15) is 0 Å². The van der Waals surface area contributed by atoms with E-state index in [4.69, 9.17) is 0 Å². The Morgan fingerprint density at radius 1 is 0.903 bits per heavy atom. The van der Waals surface area contributed by atoms with E-state index in [-0.39, 0.29) is 17.9 Å². The molecule has 0 aliphatic carbocycles. The molecule has 0 unspecified atom stereocenters. The Labute approximate surface area is 187 Å². The molecule has 170 valence electrons. The molecule has 0 saturated carbocycles. The topological polar surface area (TPSA) is 69.7 Å². The molecule has 31 heavy (non-hydrogen) atoms. The van der Waals surface area contributed by atoms with Crippen LogP contribution in [0.4, 0.5) is 11.4 Å². The van der Waals surface area contributed by atoms with E-state index in [1.807, 2.05) is 36.4 Å². The molecule has 0 aliphatic heterocycles. The summed E-state index contributed by atoms with van der Waals surface area (Å²) in [7, 11) is -3.60. The van der Waals surface area contributed by atoms with Gasteiger partial charge in [0.05, 0.1) is 11.9 Å². The van der Waals surface area contributed by atoms with Crippen LogP contribution in [-0.4, -0.2) is 40.2 Å². The summed E-state index contributed by atoms with van der Waals surface area (Å²) in [6.07, 6.45) is 1.11. The second kappa shape index (κ2) is 10.2. The Bertz CT molecular complexity index is 959. The maximum Gasteiger partial charge on any atom is 0.241 e. The van der Waals surface area contributed by atoms with Crippen molar-refractivity contribution in [3.8, 4) is 0 Å². The molecule has 0 radical (unpaired) electrons. The molecular weight excluding hydrogens is 410 g/mol. The quantitative estimate of drug-likeness (QED) is 0.635. The van der Waals surface area contributed by atoms with Gasteiger partial charge in [-0.25, -0.2) is 8.42 Å². The summed E-state index contributed by atoms with van der Waals surface area (Å²) in [5.41, 5.74) is 3.65. The fourth-order valence-corrected chi connectivity index (χ4v) is 4.18. The summed E-state index contributed by atoms with van der Waals surface area (Å²) < 4.78 is 25.8. The van der Waals surface area contributed by atoms with Gasteiger partial charge in [0.15, 0.2) is 0 Å². The second-order valence-electron chi connectivity index (χ2n) is 8.68. The molecule has 2 aromatic carbocycles. The molecule has 0 bridgehead atoms. The lowest BCUT2D eigenvalue weighted by Crippen LogP contribution is -2.40. The van der Waals surface area contributed by atoms with E-state index in [1.165, 1.54) is 0 Å². The van der Waals surface area contributed by atoms with Crippen molar-refractivity contribution in [2.24, 2.45) is 0 Å². The van der Waals surface area contributed by atoms with Crippen molar-refractivity contribution < 1.29 is 13.2 Å². The normalized spacial score (nSPS) is 11.8. The molecule has 1 N–H and O–H groups in total. The molecule has 2 rings (SSSR count). The van der Waals surface area contributed by atoms with Crippen molar-refractivity contribution >= 4 is 27.3 Å². The third-order valence-electron chi connectivity index (χ3n) is 5.26. The maximum absolute atomic E-state index is 12.5. The van der Waals surface area contributed by atoms with Crippen molar-refractivity contribution in [3.63, 3.8) is 0 Å². The van der Waals surface area contributed by atoms with Gasteiger partial charge in [0.25, 0.3) is 0 Å². The average molecular weight is 446 g/mol. The fourth-order valence-electron chi connectivity index (χ4n) is 3.33. The molecule has 2 aromatic rings. The zero-order valence-electron chi connectivity index (χ0n) is 19.5. The summed E-state index contributed by atoms with van der Waals surface area (Å²) in [5, 5.41) is 2.82. The molecule has 6 nitrogen and oxygen atoms in total. The van der Waals surface area contributed by atoms with E-state index in [1.54, 1.807) is 12.1 Å². The zero-order chi connectivity index (χ0) is 23.2. The smallest absolute Gasteiger partial charge is 0.241 e. The molecule has 0 aromatic heterocycles. The van der Waals surface area contributed by atoms with E-state index < -0.39 is 10.0 Å². The predicted octanol–water partition coefficient (Wildman–Crippen LogP) is 3.91. The van der Waals surface area contributed by atoms with Crippen molar-refractivity contribution in [1.82, 2.24) is 5.32 Å². The molecule has 1 amide bonds. The number of carbonyl (C=O) groups is 1. The van der Waals surface area contributed by atoms with Crippen LogP contribution in [0.2, 0.25) is 0 Å². The minimum atomic E-state index is -3.60. The number of hydrogen-bond donors (Lipinski definition) is 1. The van der Waals surface area contributed by atoms with E-state index in [0.717, 1.165) is 40.5 Å². The number of amides is 1. The van der Waals surface area contributed by atoms with E-state index in [9.17, 15) is 13.2 Å². The number of nitrogens with one attached hydrogen (secondary N) is 1. The van der Waals surface area contributed by atoms with Gasteiger partial charge in [-0.05, 0) is 54.7 Å². The Balaban J connectivity index is 2.05. The van der Waals surface area contributed by atoms with Gasteiger partial charge in [-0.3, -0.25) is 9.10 Å². The van der Waals surface area contributed by atoms with E-state index in [0.29, 0.717) is 12.2 Å². The SMILES string of the molecule is CCN(CC)c1ccc(CNC(=O)CN(c2ccc(C(C)(C)C)cc2)S(C)(=O)=O)cc1. The average Bonchev–Trinajstić information content (AvgIpc) is 2.71. The number of rotatable bonds is 9. The van der Waals surface area contributed by atoms with Gasteiger partial charge in [-0.15, -0.1) is 0 Å². The summed E-state index contributed by atoms with van der Waals surface area (Å²) >= 11 is 0. The second-order valence-corrected chi connectivity index (χ2v) is 10.6. The lowest BCUT2D eigenvalue weighted by atomic mass is 9.87. The molecule has 0 spiro atoms. The Morgan fingerprint density at radius 3 is 1.87 bits per heavy atom. The van der Waals surface area contributed by atoms with Gasteiger partial charge in [0.2, 0.25) is 15.9 Å². The Hall–Kier alpha value is -2.54. The van der Waals surface area contributed by atoms with E-state index in [2.05, 4.69) is 44.8 Å². The minimum absolute atomic E-state index is 0.0351. The van der Waals surface area contributed by atoms with Gasteiger partial charge in [0, 0.05) is 25.3 Å². The first kappa shape index (κ1) is 24.7. The van der Waals surface area contributed by atoms with Crippen LogP contribution < -0.4 is 14.5 Å². The number of carbonyl (C=O) groups excluding carboxylic acids is 1. The molecule has 0 heterocycles. The fraction of sp³-hybridized carbons (Fsp3) is 0.458. The van der Waals surface area contributed by atoms with Crippen LogP contribution in [0, 0.1) is 0 Å². The van der Waals surface area contributed by atoms with Crippen molar-refractivity contribution in [3.05, 3.63) is 59.7 Å². The van der Waals surface area contributed by atoms with Crippen LogP contribution in [0.1, 0.15) is 45.7 Å². The van der Waals surface area contributed by atoms with Gasteiger partial charge in [0.1, 0.15) is 6.54 Å². The Morgan fingerprint density at radius 2 is 1.42 bits per heavy atom. The number of nitrogens with zero attached hydrogens (tertiary/aromatic N) is 2. The molecule has 0 atom stereocenters. The lowest BCUT2D eigenvalue weighted by molar-refractivity contribution is -0.119. The monoisotopic (exact) mass is 445 g/mol. The van der Waals surface area contributed by atoms with Crippen molar-refractivity contribution in [2.75, 3.05) is 35.1 Å². The third kappa shape index (κ3) is 6.99. The van der Waals surface area contributed by atoms with Gasteiger partial charge >= 0.3 is 0 Å². The van der Waals surface area contributed by atoms with Crippen LogP contribution in [0.25, 0.3) is 0 Å². The van der Waals surface area contributed by atoms with Crippen LogP contribution in [0.3, 0.4) is 0 Å².